The number of hydrogen-bond donors (Lipinski definition) is 1. The lowest BCUT2D eigenvalue weighted by Crippen LogP contribution is -2.05. The summed E-state index contributed by atoms with van der Waals surface area (Å²) in [4.78, 5) is 4.16. The molecule has 0 aliphatic heterocycles. The molecule has 1 aromatic carbocycles. The summed E-state index contributed by atoms with van der Waals surface area (Å²) >= 11 is 0. The van der Waals surface area contributed by atoms with Crippen molar-refractivity contribution >= 4 is 0 Å². The second-order valence-electron chi connectivity index (χ2n) is 4.55. The summed E-state index contributed by atoms with van der Waals surface area (Å²) in [6, 6.07) is 8.11. The van der Waals surface area contributed by atoms with Crippen LogP contribution in [0, 0.1) is 0 Å². The van der Waals surface area contributed by atoms with E-state index in [9.17, 15) is 0 Å². The first-order chi connectivity index (χ1) is 9.33. The van der Waals surface area contributed by atoms with Gasteiger partial charge in [0.15, 0.2) is 0 Å². The highest BCUT2D eigenvalue weighted by atomic mass is 16.5. The molecule has 0 atom stereocenters. The fourth-order valence-corrected chi connectivity index (χ4v) is 1.99. The zero-order chi connectivity index (χ0) is 13.5. The van der Waals surface area contributed by atoms with Gasteiger partial charge in [0.1, 0.15) is 12.4 Å². The van der Waals surface area contributed by atoms with Crippen molar-refractivity contribution in [1.29, 1.82) is 0 Å². The molecule has 0 spiro atoms. The minimum atomic E-state index is 0.552. The topological polar surface area (TPSA) is 53.1 Å². The van der Waals surface area contributed by atoms with E-state index in [1.807, 2.05) is 24.7 Å². The Hall–Kier alpha value is -1.81. The summed E-state index contributed by atoms with van der Waals surface area (Å²) in [6.45, 7) is 4.36. The molecule has 4 heteroatoms. The molecule has 2 rings (SSSR count). The molecule has 1 heterocycles. The van der Waals surface area contributed by atoms with E-state index >= 15 is 0 Å². The van der Waals surface area contributed by atoms with Crippen molar-refractivity contribution in [2.24, 2.45) is 5.73 Å². The van der Waals surface area contributed by atoms with Crippen LogP contribution in [0.1, 0.15) is 24.6 Å². The van der Waals surface area contributed by atoms with Gasteiger partial charge in [-0.3, -0.25) is 0 Å². The van der Waals surface area contributed by atoms with Crippen LogP contribution < -0.4 is 10.5 Å². The third kappa shape index (κ3) is 3.83. The normalized spacial score (nSPS) is 10.6. The van der Waals surface area contributed by atoms with Gasteiger partial charge in [-0.15, -0.1) is 0 Å². The van der Waals surface area contributed by atoms with Crippen LogP contribution in [0.2, 0.25) is 0 Å². The molecule has 0 radical (unpaired) electrons. The molecule has 0 saturated carbocycles. The van der Waals surface area contributed by atoms with Crippen LogP contribution in [0.5, 0.6) is 5.75 Å². The number of hydrogen-bond acceptors (Lipinski definition) is 3. The van der Waals surface area contributed by atoms with E-state index in [2.05, 4.69) is 28.6 Å². The predicted octanol–water partition coefficient (Wildman–Crippen LogP) is 2.37. The number of benzene rings is 1. The van der Waals surface area contributed by atoms with Gasteiger partial charge in [-0.1, -0.05) is 19.1 Å². The van der Waals surface area contributed by atoms with E-state index in [4.69, 9.17) is 10.5 Å². The molecule has 4 nitrogen and oxygen atoms in total. The second-order valence-corrected chi connectivity index (χ2v) is 4.55. The minimum Gasteiger partial charge on any atom is -0.487 e. The molecule has 0 unspecified atom stereocenters. The van der Waals surface area contributed by atoms with E-state index in [1.54, 1.807) is 0 Å². The first-order valence-electron chi connectivity index (χ1n) is 6.74. The van der Waals surface area contributed by atoms with Crippen LogP contribution in [0.15, 0.2) is 36.8 Å². The van der Waals surface area contributed by atoms with Gasteiger partial charge in [0.25, 0.3) is 0 Å². The Labute approximate surface area is 114 Å². The van der Waals surface area contributed by atoms with Gasteiger partial charge in [-0.05, 0) is 37.1 Å². The molecule has 1 aromatic heterocycles. The van der Waals surface area contributed by atoms with Gasteiger partial charge in [0.05, 0.1) is 18.2 Å². The molecular weight excluding hydrogens is 238 g/mol. The van der Waals surface area contributed by atoms with Crippen LogP contribution >= 0.6 is 0 Å². The van der Waals surface area contributed by atoms with Gasteiger partial charge in [-0.25, -0.2) is 4.98 Å². The Morgan fingerprint density at radius 3 is 2.74 bits per heavy atom. The fourth-order valence-electron chi connectivity index (χ4n) is 1.99. The van der Waals surface area contributed by atoms with Crippen LogP contribution in [0.4, 0.5) is 0 Å². The predicted molar refractivity (Wildman–Crippen MR) is 76.1 cm³/mol. The summed E-state index contributed by atoms with van der Waals surface area (Å²) in [6.07, 6.45) is 5.71. The van der Waals surface area contributed by atoms with E-state index in [-0.39, 0.29) is 0 Å². The number of nitrogens with zero attached hydrogens (tertiary/aromatic N) is 2. The molecule has 0 amide bonds. The van der Waals surface area contributed by atoms with Crippen molar-refractivity contribution in [3.05, 3.63) is 48.0 Å². The Morgan fingerprint density at radius 1 is 1.26 bits per heavy atom. The Balaban J connectivity index is 1.92. The van der Waals surface area contributed by atoms with Crippen molar-refractivity contribution in [1.82, 2.24) is 9.55 Å². The summed E-state index contributed by atoms with van der Waals surface area (Å²) in [7, 11) is 0. The first kappa shape index (κ1) is 13.6. The van der Waals surface area contributed by atoms with E-state index in [0.717, 1.165) is 30.8 Å². The molecule has 2 aromatic rings. The van der Waals surface area contributed by atoms with Crippen molar-refractivity contribution in [2.45, 2.75) is 32.9 Å². The van der Waals surface area contributed by atoms with Crippen LogP contribution in [0.25, 0.3) is 0 Å². The maximum atomic E-state index is 5.78. The molecular formula is C15H21N3O. The lowest BCUT2D eigenvalue weighted by Gasteiger charge is -2.09. The molecule has 0 bridgehead atoms. The number of imidazole rings is 1. The number of rotatable bonds is 7. The maximum Gasteiger partial charge on any atom is 0.130 e. The molecule has 2 N–H and O–H groups in total. The first-order valence-corrected chi connectivity index (χ1v) is 6.74. The number of aromatic nitrogens is 2. The highest BCUT2D eigenvalue weighted by Gasteiger charge is 2.02. The zero-order valence-corrected chi connectivity index (χ0v) is 11.4. The largest absolute Gasteiger partial charge is 0.487 e. The molecule has 102 valence electrons. The fraction of sp³-hybridized carbons (Fsp3) is 0.400. The van der Waals surface area contributed by atoms with Crippen LogP contribution in [-0.2, 0) is 19.6 Å². The molecule has 0 aliphatic carbocycles. The average Bonchev–Trinajstić information content (AvgIpc) is 2.86. The van der Waals surface area contributed by atoms with Crippen molar-refractivity contribution in [3.63, 3.8) is 0 Å². The number of aryl methyl sites for hydroxylation is 1. The lowest BCUT2D eigenvalue weighted by molar-refractivity contribution is 0.294. The van der Waals surface area contributed by atoms with Gasteiger partial charge in [0, 0.05) is 6.54 Å². The quantitative estimate of drug-likeness (QED) is 0.830. The number of ether oxygens (including phenoxy) is 1. The van der Waals surface area contributed by atoms with Crippen LogP contribution in [0.3, 0.4) is 0 Å². The Morgan fingerprint density at radius 2 is 2.05 bits per heavy atom. The smallest absolute Gasteiger partial charge is 0.130 e. The van der Waals surface area contributed by atoms with Crippen molar-refractivity contribution in [2.75, 3.05) is 6.54 Å². The van der Waals surface area contributed by atoms with Crippen molar-refractivity contribution < 1.29 is 4.74 Å². The number of nitrogens with two attached hydrogens (primary N) is 1. The van der Waals surface area contributed by atoms with Gasteiger partial charge in [0.2, 0.25) is 0 Å². The monoisotopic (exact) mass is 259 g/mol. The zero-order valence-electron chi connectivity index (χ0n) is 11.4. The SMILES string of the molecule is CCCn1cncc1COc1ccc(CCN)cc1. The van der Waals surface area contributed by atoms with E-state index < -0.39 is 0 Å². The molecule has 19 heavy (non-hydrogen) atoms. The summed E-state index contributed by atoms with van der Waals surface area (Å²) in [5.41, 5.74) is 7.87. The minimum absolute atomic E-state index is 0.552. The van der Waals surface area contributed by atoms with E-state index in [0.29, 0.717) is 13.2 Å². The third-order valence-corrected chi connectivity index (χ3v) is 3.01. The van der Waals surface area contributed by atoms with Gasteiger partial charge < -0.3 is 15.0 Å². The summed E-state index contributed by atoms with van der Waals surface area (Å²) < 4.78 is 7.91. The van der Waals surface area contributed by atoms with Crippen molar-refractivity contribution in [3.8, 4) is 5.75 Å². The van der Waals surface area contributed by atoms with E-state index in [1.165, 1.54) is 5.56 Å². The summed E-state index contributed by atoms with van der Waals surface area (Å²) in [5, 5.41) is 0. The maximum absolute atomic E-state index is 5.78. The Kier molecular flexibility index (Phi) is 4.98. The average molecular weight is 259 g/mol. The lowest BCUT2D eigenvalue weighted by atomic mass is 10.1. The third-order valence-electron chi connectivity index (χ3n) is 3.01. The summed E-state index contributed by atoms with van der Waals surface area (Å²) in [5.74, 6) is 0.880. The standard InChI is InChI=1S/C15H21N3O/c1-2-9-18-12-17-10-14(18)11-19-15-5-3-13(4-6-15)7-8-16/h3-6,10,12H,2,7-9,11,16H2,1H3. The highest BCUT2D eigenvalue weighted by molar-refractivity contribution is 5.27. The molecule has 0 aliphatic rings. The highest BCUT2D eigenvalue weighted by Crippen LogP contribution is 2.14. The van der Waals surface area contributed by atoms with Gasteiger partial charge in [-0.2, -0.15) is 0 Å². The molecule has 0 saturated heterocycles. The molecule has 0 fully saturated rings. The van der Waals surface area contributed by atoms with Gasteiger partial charge >= 0.3 is 0 Å². The Bertz CT molecular complexity index is 490. The van der Waals surface area contributed by atoms with Crippen LogP contribution in [-0.4, -0.2) is 16.1 Å². The second kappa shape index (κ2) is 6.95.